The molecule has 1 saturated heterocycles. The summed E-state index contributed by atoms with van der Waals surface area (Å²) in [5.41, 5.74) is -0.0783. The summed E-state index contributed by atoms with van der Waals surface area (Å²) in [4.78, 5) is 24.5. The molecule has 0 spiro atoms. The zero-order valence-corrected chi connectivity index (χ0v) is 18.7. The predicted octanol–water partition coefficient (Wildman–Crippen LogP) is 3.67. The molecule has 1 aliphatic heterocycles. The number of nitro benzene ring substituents is 1. The highest BCUT2D eigenvalue weighted by Crippen LogP contribution is 2.27. The van der Waals surface area contributed by atoms with Crippen LogP contribution in [0.2, 0.25) is 0 Å². The van der Waals surface area contributed by atoms with Gasteiger partial charge in [-0.1, -0.05) is 12.1 Å². The smallest absolute Gasteiger partial charge is 0.289 e. The van der Waals surface area contributed by atoms with Gasteiger partial charge in [-0.15, -0.1) is 0 Å². The Bertz CT molecular complexity index is 1310. The van der Waals surface area contributed by atoms with Crippen molar-refractivity contribution in [2.24, 2.45) is 0 Å². The molecule has 0 aliphatic carbocycles. The molecule has 176 valence electrons. The molecule has 4 rings (SSSR count). The predicted molar refractivity (Wildman–Crippen MR) is 121 cm³/mol. The maximum absolute atomic E-state index is 13.0. The number of nitrogens with zero attached hydrogens (tertiary/aromatic N) is 3. The minimum Gasteiger partial charge on any atom is -0.457 e. The molecule has 0 bridgehead atoms. The summed E-state index contributed by atoms with van der Waals surface area (Å²) < 4.78 is 45.7. The lowest BCUT2D eigenvalue weighted by Crippen LogP contribution is -2.50. The van der Waals surface area contributed by atoms with Crippen LogP contribution in [0.4, 0.5) is 10.1 Å². The van der Waals surface area contributed by atoms with E-state index in [0.717, 1.165) is 10.4 Å². The van der Waals surface area contributed by atoms with Crippen molar-refractivity contribution in [3.63, 3.8) is 0 Å². The molecule has 34 heavy (non-hydrogen) atoms. The fraction of sp³-hybridized carbons (Fsp3) is 0.174. The fourth-order valence-electron chi connectivity index (χ4n) is 3.58. The Morgan fingerprint density at radius 3 is 2.03 bits per heavy atom. The van der Waals surface area contributed by atoms with E-state index in [1.165, 1.54) is 47.4 Å². The summed E-state index contributed by atoms with van der Waals surface area (Å²) in [6, 6.07) is 17.2. The second-order valence-electron chi connectivity index (χ2n) is 7.50. The number of hydrogen-bond donors (Lipinski definition) is 0. The van der Waals surface area contributed by atoms with Gasteiger partial charge in [0.05, 0.1) is 4.92 Å². The Morgan fingerprint density at radius 2 is 1.44 bits per heavy atom. The molecular formula is C23H20FN3O6S. The topological polar surface area (TPSA) is 110 Å². The minimum atomic E-state index is -4.08. The van der Waals surface area contributed by atoms with Crippen molar-refractivity contribution >= 4 is 21.6 Å². The van der Waals surface area contributed by atoms with Gasteiger partial charge in [0.2, 0.25) is 10.0 Å². The minimum absolute atomic E-state index is 0.0197. The molecule has 1 fully saturated rings. The lowest BCUT2D eigenvalue weighted by molar-refractivity contribution is -0.387. The van der Waals surface area contributed by atoms with Crippen molar-refractivity contribution in [3.05, 3.63) is 94.3 Å². The standard InChI is InChI=1S/C23H20FN3O6S/c24-18-7-11-20(12-8-18)33-19-9-5-17(6-10-19)23(28)25-13-15-26(16-14-25)34(31,32)22-4-2-1-3-21(22)27(29)30/h1-12H,13-16H2. The van der Waals surface area contributed by atoms with E-state index in [9.17, 15) is 27.7 Å². The van der Waals surface area contributed by atoms with E-state index in [0.29, 0.717) is 17.1 Å². The lowest BCUT2D eigenvalue weighted by atomic mass is 10.2. The number of nitro groups is 1. The molecule has 1 aliphatic rings. The Kier molecular flexibility index (Phi) is 6.57. The van der Waals surface area contributed by atoms with Crippen LogP contribution in [-0.4, -0.2) is 54.6 Å². The third-order valence-corrected chi connectivity index (χ3v) is 7.30. The number of rotatable bonds is 6. The molecule has 3 aromatic carbocycles. The summed E-state index contributed by atoms with van der Waals surface area (Å²) in [5.74, 6) is 0.291. The third-order valence-electron chi connectivity index (χ3n) is 5.36. The number of piperazine rings is 1. The lowest BCUT2D eigenvalue weighted by Gasteiger charge is -2.34. The van der Waals surface area contributed by atoms with Gasteiger partial charge in [0.1, 0.15) is 17.3 Å². The van der Waals surface area contributed by atoms with Crippen molar-refractivity contribution in [1.29, 1.82) is 0 Å². The molecule has 11 heteroatoms. The van der Waals surface area contributed by atoms with Crippen molar-refractivity contribution in [1.82, 2.24) is 9.21 Å². The van der Waals surface area contributed by atoms with Crippen LogP contribution in [-0.2, 0) is 10.0 Å². The van der Waals surface area contributed by atoms with Crippen molar-refractivity contribution < 1.29 is 27.3 Å². The van der Waals surface area contributed by atoms with Gasteiger partial charge in [0, 0.05) is 37.8 Å². The molecule has 1 heterocycles. The number of ether oxygens (including phenoxy) is 1. The van der Waals surface area contributed by atoms with E-state index in [1.54, 1.807) is 24.3 Å². The Hall–Kier alpha value is -3.83. The summed E-state index contributed by atoms with van der Waals surface area (Å²) in [5, 5.41) is 11.2. The first kappa shape index (κ1) is 23.3. The fourth-order valence-corrected chi connectivity index (χ4v) is 5.16. The maximum atomic E-state index is 13.0. The monoisotopic (exact) mass is 485 g/mol. The summed E-state index contributed by atoms with van der Waals surface area (Å²) >= 11 is 0. The van der Waals surface area contributed by atoms with Gasteiger partial charge in [-0.3, -0.25) is 14.9 Å². The van der Waals surface area contributed by atoms with Crippen LogP contribution in [0.15, 0.2) is 77.7 Å². The Balaban J connectivity index is 1.40. The molecule has 0 saturated carbocycles. The molecular weight excluding hydrogens is 465 g/mol. The van der Waals surface area contributed by atoms with Gasteiger partial charge >= 0.3 is 0 Å². The number of benzene rings is 3. The SMILES string of the molecule is O=C(c1ccc(Oc2ccc(F)cc2)cc1)N1CCN(S(=O)(=O)c2ccccc2[N+](=O)[O-])CC1. The molecule has 9 nitrogen and oxygen atoms in total. The third kappa shape index (κ3) is 4.90. The second-order valence-corrected chi connectivity index (χ2v) is 9.41. The quantitative estimate of drug-likeness (QED) is 0.389. The molecule has 0 atom stereocenters. The van der Waals surface area contributed by atoms with E-state index >= 15 is 0 Å². The van der Waals surface area contributed by atoms with Crippen LogP contribution in [0.5, 0.6) is 11.5 Å². The molecule has 0 radical (unpaired) electrons. The first-order valence-corrected chi connectivity index (χ1v) is 11.8. The number of sulfonamides is 1. The highest BCUT2D eigenvalue weighted by molar-refractivity contribution is 7.89. The number of para-hydroxylation sites is 1. The number of carbonyl (C=O) groups is 1. The number of amides is 1. The average molecular weight is 485 g/mol. The number of hydrogen-bond acceptors (Lipinski definition) is 6. The van der Waals surface area contributed by atoms with E-state index in [1.807, 2.05) is 0 Å². The van der Waals surface area contributed by atoms with Gasteiger partial charge in [0.15, 0.2) is 4.90 Å². The average Bonchev–Trinajstić information content (AvgIpc) is 2.85. The van der Waals surface area contributed by atoms with Crippen LogP contribution >= 0.6 is 0 Å². The van der Waals surface area contributed by atoms with Crippen LogP contribution in [0.25, 0.3) is 0 Å². The van der Waals surface area contributed by atoms with Crippen molar-refractivity contribution in [3.8, 4) is 11.5 Å². The highest BCUT2D eigenvalue weighted by atomic mass is 32.2. The maximum Gasteiger partial charge on any atom is 0.289 e. The Morgan fingerprint density at radius 1 is 0.882 bits per heavy atom. The van der Waals surface area contributed by atoms with Crippen LogP contribution in [0, 0.1) is 15.9 Å². The normalized spacial score (nSPS) is 14.6. The first-order valence-electron chi connectivity index (χ1n) is 10.3. The van der Waals surface area contributed by atoms with Gasteiger partial charge in [0.25, 0.3) is 11.6 Å². The number of carbonyl (C=O) groups excluding carboxylic acids is 1. The van der Waals surface area contributed by atoms with E-state index in [4.69, 9.17) is 4.74 Å². The Labute approximate surface area is 195 Å². The number of halogens is 1. The van der Waals surface area contributed by atoms with E-state index in [-0.39, 0.29) is 42.8 Å². The first-order chi connectivity index (χ1) is 16.3. The molecule has 0 aromatic heterocycles. The molecule has 3 aromatic rings. The van der Waals surface area contributed by atoms with Crippen molar-refractivity contribution in [2.45, 2.75) is 4.90 Å². The van der Waals surface area contributed by atoms with Gasteiger partial charge in [-0.2, -0.15) is 4.31 Å². The van der Waals surface area contributed by atoms with Gasteiger partial charge in [-0.25, -0.2) is 12.8 Å². The molecule has 0 unspecified atom stereocenters. The van der Waals surface area contributed by atoms with Crippen LogP contribution < -0.4 is 4.74 Å². The summed E-state index contributed by atoms with van der Waals surface area (Å²) in [7, 11) is -4.08. The van der Waals surface area contributed by atoms with Crippen LogP contribution in [0.1, 0.15) is 10.4 Å². The largest absolute Gasteiger partial charge is 0.457 e. The van der Waals surface area contributed by atoms with Gasteiger partial charge in [-0.05, 0) is 54.6 Å². The molecule has 0 N–H and O–H groups in total. The summed E-state index contributed by atoms with van der Waals surface area (Å²) in [6.45, 7) is 0.330. The summed E-state index contributed by atoms with van der Waals surface area (Å²) in [6.07, 6.45) is 0. The molecule has 1 amide bonds. The van der Waals surface area contributed by atoms with Crippen molar-refractivity contribution in [2.75, 3.05) is 26.2 Å². The van der Waals surface area contributed by atoms with E-state index in [2.05, 4.69) is 0 Å². The zero-order valence-electron chi connectivity index (χ0n) is 17.8. The van der Waals surface area contributed by atoms with E-state index < -0.39 is 20.6 Å². The zero-order chi connectivity index (χ0) is 24.3. The van der Waals surface area contributed by atoms with Crippen LogP contribution in [0.3, 0.4) is 0 Å². The highest BCUT2D eigenvalue weighted by Gasteiger charge is 2.34. The van der Waals surface area contributed by atoms with Gasteiger partial charge < -0.3 is 9.64 Å². The second kappa shape index (κ2) is 9.57.